The highest BCUT2D eigenvalue weighted by Gasteiger charge is 2.06. The summed E-state index contributed by atoms with van der Waals surface area (Å²) >= 11 is 0. The lowest BCUT2D eigenvalue weighted by molar-refractivity contribution is 1.19. The van der Waals surface area contributed by atoms with Crippen LogP contribution in [0, 0.1) is 0 Å². The van der Waals surface area contributed by atoms with E-state index in [1.54, 1.807) is 0 Å². The fourth-order valence-electron chi connectivity index (χ4n) is 1.79. The maximum absolute atomic E-state index is 7.90. The summed E-state index contributed by atoms with van der Waals surface area (Å²) in [4.78, 5) is 8.70. The van der Waals surface area contributed by atoms with Crippen molar-refractivity contribution in [2.24, 2.45) is 0 Å². The van der Waals surface area contributed by atoms with Gasteiger partial charge in [-0.15, -0.1) is 0 Å². The molecule has 1 aromatic heterocycles. The number of nitrogens with zero attached hydrogens (tertiary/aromatic N) is 2. The molecule has 0 atom stereocenters. The van der Waals surface area contributed by atoms with E-state index in [4.69, 9.17) is 5.73 Å². The van der Waals surface area contributed by atoms with Gasteiger partial charge in [-0.2, -0.15) is 0 Å². The van der Waals surface area contributed by atoms with Gasteiger partial charge in [0.15, 0.2) is 11.6 Å². The standard InChI is InChI=1S/C14H10N3/c15-13-11-8-4-5-9-12(11)16-14(17-13)10-6-2-1-3-7-10/h1-9,15H. The molecular weight excluding hydrogens is 210 g/mol. The first-order chi connectivity index (χ1) is 8.34. The molecule has 1 heterocycles. The molecule has 0 fully saturated rings. The highest BCUT2D eigenvalue weighted by molar-refractivity contribution is 5.88. The van der Waals surface area contributed by atoms with Crippen LogP contribution in [0.4, 0.5) is 5.82 Å². The first kappa shape index (κ1) is 9.78. The normalized spacial score (nSPS) is 10.6. The highest BCUT2D eigenvalue weighted by Crippen LogP contribution is 2.23. The zero-order chi connectivity index (χ0) is 11.7. The molecule has 0 aliphatic rings. The van der Waals surface area contributed by atoms with Gasteiger partial charge in [-0.25, -0.2) is 9.97 Å². The van der Waals surface area contributed by atoms with E-state index in [9.17, 15) is 0 Å². The van der Waals surface area contributed by atoms with Gasteiger partial charge in [-0.05, 0) is 12.1 Å². The van der Waals surface area contributed by atoms with Crippen molar-refractivity contribution in [1.29, 1.82) is 0 Å². The summed E-state index contributed by atoms with van der Waals surface area (Å²) in [6, 6.07) is 17.3. The fraction of sp³-hybridized carbons (Fsp3) is 0. The van der Waals surface area contributed by atoms with Crippen molar-refractivity contribution < 1.29 is 0 Å². The number of rotatable bonds is 1. The van der Waals surface area contributed by atoms with E-state index in [0.29, 0.717) is 5.82 Å². The number of aromatic nitrogens is 2. The summed E-state index contributed by atoms with van der Waals surface area (Å²) in [5.74, 6) is 0.878. The molecule has 0 bridgehead atoms. The fourth-order valence-corrected chi connectivity index (χ4v) is 1.79. The van der Waals surface area contributed by atoms with Crippen molar-refractivity contribution >= 4 is 16.7 Å². The first-order valence-corrected chi connectivity index (χ1v) is 5.38. The lowest BCUT2D eigenvalue weighted by Crippen LogP contribution is -1.92. The zero-order valence-electron chi connectivity index (χ0n) is 9.09. The van der Waals surface area contributed by atoms with Gasteiger partial charge in [0.25, 0.3) is 0 Å². The van der Waals surface area contributed by atoms with Gasteiger partial charge in [-0.1, -0.05) is 42.5 Å². The molecule has 0 aliphatic carbocycles. The molecular formula is C14H10N3. The van der Waals surface area contributed by atoms with Crippen LogP contribution in [0.5, 0.6) is 0 Å². The van der Waals surface area contributed by atoms with Gasteiger partial charge < -0.3 is 0 Å². The van der Waals surface area contributed by atoms with Crippen LogP contribution in [0.3, 0.4) is 0 Å². The van der Waals surface area contributed by atoms with E-state index < -0.39 is 0 Å². The van der Waals surface area contributed by atoms with Crippen molar-refractivity contribution in [3.05, 3.63) is 54.6 Å². The van der Waals surface area contributed by atoms with Crippen LogP contribution in [-0.2, 0) is 0 Å². The van der Waals surface area contributed by atoms with Crippen LogP contribution >= 0.6 is 0 Å². The van der Waals surface area contributed by atoms with Crippen LogP contribution in [0.2, 0.25) is 0 Å². The highest BCUT2D eigenvalue weighted by atomic mass is 14.9. The Morgan fingerprint density at radius 1 is 0.765 bits per heavy atom. The summed E-state index contributed by atoms with van der Waals surface area (Å²) in [7, 11) is 0. The Hall–Kier alpha value is -2.42. The average molecular weight is 220 g/mol. The molecule has 1 radical (unpaired) electrons. The number of fused-ring (bicyclic) bond motifs is 1. The predicted octanol–water partition coefficient (Wildman–Crippen LogP) is 3.21. The third kappa shape index (κ3) is 1.72. The molecule has 81 valence electrons. The monoisotopic (exact) mass is 220 g/mol. The van der Waals surface area contributed by atoms with E-state index >= 15 is 0 Å². The quantitative estimate of drug-likeness (QED) is 0.632. The van der Waals surface area contributed by atoms with E-state index in [0.717, 1.165) is 16.5 Å². The van der Waals surface area contributed by atoms with Crippen molar-refractivity contribution in [3.63, 3.8) is 0 Å². The molecule has 0 saturated heterocycles. The minimum atomic E-state index is 0.273. The van der Waals surface area contributed by atoms with E-state index in [2.05, 4.69) is 9.97 Å². The molecule has 0 amide bonds. The minimum absolute atomic E-state index is 0.273. The van der Waals surface area contributed by atoms with Gasteiger partial charge in [0, 0.05) is 10.9 Å². The SMILES string of the molecule is [NH]c1nc(-c2ccccc2)nc2ccccc12. The Morgan fingerprint density at radius 3 is 2.29 bits per heavy atom. The van der Waals surface area contributed by atoms with Gasteiger partial charge in [-0.3, -0.25) is 5.73 Å². The lowest BCUT2D eigenvalue weighted by atomic mass is 10.2. The van der Waals surface area contributed by atoms with Crippen molar-refractivity contribution in [2.45, 2.75) is 0 Å². The number of hydrogen-bond acceptors (Lipinski definition) is 2. The third-order valence-corrected chi connectivity index (χ3v) is 2.64. The van der Waals surface area contributed by atoms with Crippen LogP contribution in [0.25, 0.3) is 22.3 Å². The van der Waals surface area contributed by atoms with Gasteiger partial charge in [0.2, 0.25) is 0 Å². The molecule has 1 N–H and O–H groups in total. The van der Waals surface area contributed by atoms with Crippen molar-refractivity contribution in [1.82, 2.24) is 15.7 Å². The zero-order valence-corrected chi connectivity index (χ0v) is 9.09. The smallest absolute Gasteiger partial charge is 0.162 e. The molecule has 3 rings (SSSR count). The van der Waals surface area contributed by atoms with Crippen LogP contribution < -0.4 is 5.73 Å². The summed E-state index contributed by atoms with van der Waals surface area (Å²) in [5.41, 5.74) is 9.65. The molecule has 0 spiro atoms. The second-order valence-electron chi connectivity index (χ2n) is 3.78. The van der Waals surface area contributed by atoms with E-state index in [-0.39, 0.29) is 5.82 Å². The Kier molecular flexibility index (Phi) is 2.22. The molecule has 17 heavy (non-hydrogen) atoms. The Morgan fingerprint density at radius 2 is 1.47 bits per heavy atom. The number of para-hydroxylation sites is 1. The number of benzene rings is 2. The number of nitrogens with one attached hydrogen (secondary N) is 1. The lowest BCUT2D eigenvalue weighted by Gasteiger charge is -2.04. The molecule has 0 unspecified atom stereocenters. The molecule has 3 heteroatoms. The summed E-state index contributed by atoms with van der Waals surface area (Å²) in [5, 5.41) is 0.784. The summed E-state index contributed by atoms with van der Waals surface area (Å²) in [6.07, 6.45) is 0. The topological polar surface area (TPSA) is 49.6 Å². The van der Waals surface area contributed by atoms with Crippen molar-refractivity contribution in [2.75, 3.05) is 0 Å². The molecule has 0 aliphatic heterocycles. The second-order valence-corrected chi connectivity index (χ2v) is 3.78. The van der Waals surface area contributed by atoms with Gasteiger partial charge in [0.05, 0.1) is 5.52 Å². The Labute approximate surface area is 98.9 Å². The Bertz CT molecular complexity index is 663. The van der Waals surface area contributed by atoms with Crippen LogP contribution in [-0.4, -0.2) is 9.97 Å². The van der Waals surface area contributed by atoms with E-state index in [1.807, 2.05) is 54.6 Å². The van der Waals surface area contributed by atoms with E-state index in [1.165, 1.54) is 0 Å². The molecule has 0 saturated carbocycles. The first-order valence-electron chi connectivity index (χ1n) is 5.38. The Balaban J connectivity index is 2.26. The third-order valence-electron chi connectivity index (χ3n) is 2.64. The van der Waals surface area contributed by atoms with Gasteiger partial charge in [0.1, 0.15) is 0 Å². The molecule has 2 aromatic carbocycles. The maximum Gasteiger partial charge on any atom is 0.162 e. The van der Waals surface area contributed by atoms with Crippen LogP contribution in [0.1, 0.15) is 0 Å². The average Bonchev–Trinajstić information content (AvgIpc) is 2.40. The molecule has 3 nitrogen and oxygen atoms in total. The largest absolute Gasteiger partial charge is 0.282 e. The maximum atomic E-state index is 7.90. The minimum Gasteiger partial charge on any atom is -0.282 e. The van der Waals surface area contributed by atoms with Gasteiger partial charge >= 0.3 is 0 Å². The van der Waals surface area contributed by atoms with Crippen LogP contribution in [0.15, 0.2) is 54.6 Å². The summed E-state index contributed by atoms with van der Waals surface area (Å²) in [6.45, 7) is 0. The van der Waals surface area contributed by atoms with Crippen molar-refractivity contribution in [3.8, 4) is 11.4 Å². The summed E-state index contributed by atoms with van der Waals surface area (Å²) < 4.78 is 0. The second kappa shape index (κ2) is 3.87. The molecule has 3 aromatic rings. The predicted molar refractivity (Wildman–Crippen MR) is 67.7 cm³/mol. The number of hydrogen-bond donors (Lipinski definition) is 0.